The summed E-state index contributed by atoms with van der Waals surface area (Å²) in [7, 11) is 0. The summed E-state index contributed by atoms with van der Waals surface area (Å²) in [5.74, 6) is 0.465. The Labute approximate surface area is 173 Å². The van der Waals surface area contributed by atoms with E-state index < -0.39 is 0 Å². The number of rotatable bonds is 6. The molecule has 0 spiro atoms. The molecule has 0 fully saturated rings. The number of fused-ring (bicyclic) bond motifs is 2. The normalized spacial score (nSPS) is 12.7. The fourth-order valence-electron chi connectivity index (χ4n) is 3.31. The number of ether oxygens (including phenoxy) is 2. The number of benzene rings is 3. The Morgan fingerprint density at radius 2 is 1.72 bits per heavy atom. The van der Waals surface area contributed by atoms with Crippen LogP contribution in [0.5, 0.6) is 5.75 Å². The average Bonchev–Trinajstić information content (AvgIpc) is 2.68. The molecule has 152 valence electrons. The minimum atomic E-state index is -0.377. The largest absolute Gasteiger partial charge is 0.488 e. The third kappa shape index (κ3) is 4.61. The highest BCUT2D eigenvalue weighted by Crippen LogP contribution is 2.37. The van der Waals surface area contributed by atoms with Gasteiger partial charge in [0.15, 0.2) is 0 Å². The van der Waals surface area contributed by atoms with Crippen LogP contribution in [0, 0.1) is 0 Å². The Bertz CT molecular complexity index is 1060. The first-order valence-electron chi connectivity index (χ1n) is 10.2. The molecule has 0 radical (unpaired) electrons. The van der Waals surface area contributed by atoms with E-state index in [1.807, 2.05) is 19.1 Å². The molecule has 0 heterocycles. The zero-order valence-corrected chi connectivity index (χ0v) is 18.0. The predicted octanol–water partition coefficient (Wildman–Crippen LogP) is 6.57. The van der Waals surface area contributed by atoms with Gasteiger partial charge in [-0.1, -0.05) is 70.7 Å². The van der Waals surface area contributed by atoms with Crippen LogP contribution >= 0.6 is 0 Å². The van der Waals surface area contributed by atoms with Gasteiger partial charge in [-0.05, 0) is 47.2 Å². The molecule has 0 N–H and O–H groups in total. The number of carbonyl (C=O) groups is 1. The smallest absolute Gasteiger partial charge is 0.333 e. The fourth-order valence-corrected chi connectivity index (χ4v) is 3.31. The van der Waals surface area contributed by atoms with Crippen LogP contribution in [-0.4, -0.2) is 18.7 Å². The molecule has 3 aromatic carbocycles. The van der Waals surface area contributed by atoms with E-state index in [1.165, 1.54) is 5.56 Å². The summed E-state index contributed by atoms with van der Waals surface area (Å²) < 4.78 is 11.8. The van der Waals surface area contributed by atoms with Gasteiger partial charge in [0, 0.05) is 16.3 Å². The van der Waals surface area contributed by atoms with E-state index in [9.17, 15) is 4.79 Å². The van der Waals surface area contributed by atoms with Gasteiger partial charge in [-0.25, -0.2) is 4.79 Å². The maximum Gasteiger partial charge on any atom is 0.333 e. The maximum absolute atomic E-state index is 11.9. The van der Waals surface area contributed by atoms with Crippen LogP contribution < -0.4 is 4.74 Å². The van der Waals surface area contributed by atoms with E-state index in [0.29, 0.717) is 18.6 Å². The van der Waals surface area contributed by atoms with Crippen LogP contribution in [-0.2, 0) is 14.9 Å². The average molecular weight is 391 g/mol. The zero-order valence-electron chi connectivity index (χ0n) is 18.0. The monoisotopic (exact) mass is 390 g/mol. The molecular formula is C26H30O3. The van der Waals surface area contributed by atoms with Crippen molar-refractivity contribution in [3.05, 3.63) is 66.2 Å². The third-order valence-electron chi connectivity index (χ3n) is 5.17. The maximum atomic E-state index is 11.9. The topological polar surface area (TPSA) is 35.5 Å². The molecule has 0 amide bonds. The van der Waals surface area contributed by atoms with Crippen molar-refractivity contribution in [3.8, 4) is 5.75 Å². The second-order valence-corrected chi connectivity index (χ2v) is 8.64. The summed E-state index contributed by atoms with van der Waals surface area (Å²) >= 11 is 0. The van der Waals surface area contributed by atoms with Gasteiger partial charge in [0.2, 0.25) is 0 Å². The molecule has 0 aromatic heterocycles. The summed E-state index contributed by atoms with van der Waals surface area (Å²) in [4.78, 5) is 11.9. The first-order chi connectivity index (χ1) is 13.7. The molecule has 29 heavy (non-hydrogen) atoms. The molecule has 0 saturated carbocycles. The molecule has 0 aliphatic heterocycles. The van der Waals surface area contributed by atoms with Crippen molar-refractivity contribution in [3.63, 3.8) is 0 Å². The number of hydrogen-bond acceptors (Lipinski definition) is 3. The zero-order chi connectivity index (χ0) is 21.2. The van der Waals surface area contributed by atoms with Gasteiger partial charge < -0.3 is 9.47 Å². The first kappa shape index (κ1) is 20.9. The molecule has 3 rings (SSSR count). The van der Waals surface area contributed by atoms with E-state index in [4.69, 9.17) is 9.47 Å². The quantitative estimate of drug-likeness (QED) is 0.271. The van der Waals surface area contributed by atoms with Crippen LogP contribution in [0.25, 0.3) is 21.5 Å². The SMILES string of the molecule is C=C(C)C(=O)OC(CC)COc1c2ccccc2cc2ccc(C(C)(C)C)cc12. The Balaban J connectivity index is 2.05. The van der Waals surface area contributed by atoms with Crippen molar-refractivity contribution < 1.29 is 14.3 Å². The summed E-state index contributed by atoms with van der Waals surface area (Å²) in [5, 5.41) is 4.41. The third-order valence-corrected chi connectivity index (χ3v) is 5.17. The van der Waals surface area contributed by atoms with Gasteiger partial charge >= 0.3 is 5.97 Å². The molecule has 1 unspecified atom stereocenters. The molecule has 0 aliphatic carbocycles. The van der Waals surface area contributed by atoms with Gasteiger partial charge in [0.1, 0.15) is 18.5 Å². The van der Waals surface area contributed by atoms with Crippen LogP contribution in [0.4, 0.5) is 0 Å². The molecule has 0 aliphatic rings. The Morgan fingerprint density at radius 3 is 2.38 bits per heavy atom. The van der Waals surface area contributed by atoms with Crippen LogP contribution in [0.15, 0.2) is 60.7 Å². The van der Waals surface area contributed by atoms with Crippen molar-refractivity contribution >= 4 is 27.5 Å². The van der Waals surface area contributed by atoms with E-state index in [1.54, 1.807) is 6.92 Å². The van der Waals surface area contributed by atoms with Crippen molar-refractivity contribution in [2.75, 3.05) is 6.61 Å². The van der Waals surface area contributed by atoms with Gasteiger partial charge in [-0.2, -0.15) is 0 Å². The molecular weight excluding hydrogens is 360 g/mol. The van der Waals surface area contributed by atoms with Crippen molar-refractivity contribution in [1.82, 2.24) is 0 Å². The second kappa shape index (κ2) is 8.28. The lowest BCUT2D eigenvalue weighted by Crippen LogP contribution is -2.24. The molecule has 3 heteroatoms. The highest BCUT2D eigenvalue weighted by Gasteiger charge is 2.19. The van der Waals surface area contributed by atoms with E-state index in [2.05, 4.69) is 63.7 Å². The van der Waals surface area contributed by atoms with Gasteiger partial charge in [0.25, 0.3) is 0 Å². The van der Waals surface area contributed by atoms with Gasteiger partial charge in [-0.3, -0.25) is 0 Å². The van der Waals surface area contributed by atoms with E-state index in [-0.39, 0.29) is 17.5 Å². The van der Waals surface area contributed by atoms with Crippen LogP contribution in [0.2, 0.25) is 0 Å². The standard InChI is InChI=1S/C26H30O3/c1-7-21(29-25(27)17(2)3)16-28-24-22-11-9-8-10-18(22)14-19-12-13-20(15-23(19)24)26(4,5)6/h8-15,21H,2,7,16H2,1,3-6H3. The van der Waals surface area contributed by atoms with Crippen LogP contribution in [0.1, 0.15) is 46.6 Å². The molecule has 3 nitrogen and oxygen atoms in total. The van der Waals surface area contributed by atoms with E-state index >= 15 is 0 Å². The molecule has 0 bridgehead atoms. The summed E-state index contributed by atoms with van der Waals surface area (Å²) in [6, 6.07) is 17.0. The van der Waals surface area contributed by atoms with Crippen molar-refractivity contribution in [2.24, 2.45) is 0 Å². The number of esters is 1. The minimum absolute atomic E-state index is 0.0417. The summed E-state index contributed by atoms with van der Waals surface area (Å²) in [6.45, 7) is 14.2. The highest BCUT2D eigenvalue weighted by molar-refractivity contribution is 6.05. The Hall–Kier alpha value is -2.81. The second-order valence-electron chi connectivity index (χ2n) is 8.64. The number of hydrogen-bond donors (Lipinski definition) is 0. The van der Waals surface area contributed by atoms with Crippen LogP contribution in [0.3, 0.4) is 0 Å². The predicted molar refractivity (Wildman–Crippen MR) is 121 cm³/mol. The Kier molecular flexibility index (Phi) is 5.97. The minimum Gasteiger partial charge on any atom is -0.488 e. The molecule has 3 aromatic rings. The van der Waals surface area contributed by atoms with E-state index in [0.717, 1.165) is 27.3 Å². The highest BCUT2D eigenvalue weighted by atomic mass is 16.6. The summed E-state index contributed by atoms with van der Waals surface area (Å²) in [6.07, 6.45) is 0.355. The lowest BCUT2D eigenvalue weighted by atomic mass is 9.85. The van der Waals surface area contributed by atoms with Gasteiger partial charge in [-0.15, -0.1) is 0 Å². The van der Waals surface area contributed by atoms with Crippen molar-refractivity contribution in [2.45, 2.75) is 52.6 Å². The molecule has 1 atom stereocenters. The summed E-state index contributed by atoms with van der Waals surface area (Å²) in [5.41, 5.74) is 1.69. The lowest BCUT2D eigenvalue weighted by Gasteiger charge is -2.22. The lowest BCUT2D eigenvalue weighted by molar-refractivity contribution is -0.145. The first-order valence-corrected chi connectivity index (χ1v) is 10.2. The van der Waals surface area contributed by atoms with Gasteiger partial charge in [0.05, 0.1) is 0 Å². The number of carbonyl (C=O) groups excluding carboxylic acids is 1. The Morgan fingerprint density at radius 1 is 1.03 bits per heavy atom. The molecule has 0 saturated heterocycles. The fraction of sp³-hybridized carbons (Fsp3) is 0.346. The van der Waals surface area contributed by atoms with Crippen molar-refractivity contribution in [1.29, 1.82) is 0 Å².